The molecular weight excluding hydrogens is 200 g/mol. The van der Waals surface area contributed by atoms with Crippen molar-refractivity contribution in [3.63, 3.8) is 0 Å². The summed E-state index contributed by atoms with van der Waals surface area (Å²) >= 11 is 0. The van der Waals surface area contributed by atoms with Gasteiger partial charge in [0.25, 0.3) is 5.97 Å². The second-order valence-corrected chi connectivity index (χ2v) is 4.76. The van der Waals surface area contributed by atoms with Crippen molar-refractivity contribution in [2.75, 3.05) is 0 Å². The average Bonchev–Trinajstić information content (AvgIpc) is 2.17. The Kier molecular flexibility index (Phi) is 12.1. The molecule has 0 amide bonds. The zero-order valence-electron chi connectivity index (χ0n) is 10.8. The molecule has 16 heavy (non-hydrogen) atoms. The molecule has 0 bridgehead atoms. The number of carbonyl (C=O) groups is 1. The molecule has 1 rings (SSSR count). The Morgan fingerprint density at radius 2 is 0.688 bits per heavy atom. The second-order valence-electron chi connectivity index (χ2n) is 4.76. The Labute approximate surface area is 100 Å². The van der Waals surface area contributed by atoms with Gasteiger partial charge < -0.3 is 5.11 Å². The van der Waals surface area contributed by atoms with Gasteiger partial charge in [0.2, 0.25) is 0 Å². The van der Waals surface area contributed by atoms with Crippen molar-refractivity contribution in [1.29, 1.82) is 0 Å². The van der Waals surface area contributed by atoms with Crippen molar-refractivity contribution in [3.8, 4) is 0 Å². The molecule has 1 fully saturated rings. The first-order valence-electron chi connectivity index (χ1n) is 6.93. The van der Waals surface area contributed by atoms with E-state index in [0.29, 0.717) is 0 Å². The maximum atomic E-state index is 9.00. The zero-order chi connectivity index (χ0) is 12.1. The van der Waals surface area contributed by atoms with Crippen molar-refractivity contribution in [1.82, 2.24) is 0 Å². The van der Waals surface area contributed by atoms with Crippen LogP contribution in [0.5, 0.6) is 0 Å². The van der Waals surface area contributed by atoms with Gasteiger partial charge >= 0.3 is 0 Å². The van der Waals surface area contributed by atoms with Crippen LogP contribution in [0.15, 0.2) is 0 Å². The van der Waals surface area contributed by atoms with Crippen molar-refractivity contribution in [2.24, 2.45) is 0 Å². The first kappa shape index (κ1) is 15.5. The van der Waals surface area contributed by atoms with Crippen LogP contribution in [0.2, 0.25) is 0 Å². The standard InChI is InChI=1S/C12H24.C2H4O2/c1-2-4-6-8-10-12-11-9-7-5-3-1;1-2(3)4/h1-12H2;1H3,(H,3,4). The molecule has 2 heteroatoms. The number of carboxylic acid groups (broad SMARTS) is 1. The average molecular weight is 228 g/mol. The summed E-state index contributed by atoms with van der Waals surface area (Å²) in [6.45, 7) is 1.08. The fraction of sp³-hybridized carbons (Fsp3) is 0.929. The third-order valence-corrected chi connectivity index (χ3v) is 3.00. The molecule has 0 aliphatic heterocycles. The molecule has 1 saturated carbocycles. The molecule has 0 spiro atoms. The van der Waals surface area contributed by atoms with E-state index in [0.717, 1.165) is 6.92 Å². The fourth-order valence-electron chi connectivity index (χ4n) is 2.12. The maximum absolute atomic E-state index is 9.00. The predicted octanol–water partition coefficient (Wildman–Crippen LogP) is 4.77. The lowest BCUT2D eigenvalue weighted by atomic mass is 10.0. The van der Waals surface area contributed by atoms with E-state index >= 15 is 0 Å². The first-order valence-corrected chi connectivity index (χ1v) is 6.93. The van der Waals surface area contributed by atoms with E-state index < -0.39 is 5.97 Å². The highest BCUT2D eigenvalue weighted by molar-refractivity contribution is 5.62. The Bertz CT molecular complexity index is 108. The van der Waals surface area contributed by atoms with E-state index in [1.54, 1.807) is 0 Å². The fourth-order valence-corrected chi connectivity index (χ4v) is 2.12. The molecule has 0 radical (unpaired) electrons. The first-order chi connectivity index (χ1) is 7.73. The van der Waals surface area contributed by atoms with Crippen LogP contribution < -0.4 is 0 Å². The van der Waals surface area contributed by atoms with Gasteiger partial charge in [-0.05, 0) is 0 Å². The van der Waals surface area contributed by atoms with E-state index in [2.05, 4.69) is 0 Å². The SMILES string of the molecule is C1CCCCCCCCCCC1.CC(=O)O. The Morgan fingerprint density at radius 1 is 0.625 bits per heavy atom. The normalized spacial score (nSPS) is 19.6. The molecule has 1 aliphatic carbocycles. The van der Waals surface area contributed by atoms with Crippen LogP contribution in [0.1, 0.15) is 84.0 Å². The highest BCUT2D eigenvalue weighted by Gasteiger charge is 1.96. The van der Waals surface area contributed by atoms with Gasteiger partial charge in [-0.2, -0.15) is 0 Å². The summed E-state index contributed by atoms with van der Waals surface area (Å²) in [6.07, 6.45) is 18.0. The largest absolute Gasteiger partial charge is 0.481 e. The highest BCUT2D eigenvalue weighted by atomic mass is 16.4. The molecule has 1 N–H and O–H groups in total. The topological polar surface area (TPSA) is 37.3 Å². The van der Waals surface area contributed by atoms with Gasteiger partial charge in [0, 0.05) is 6.92 Å². The molecule has 0 saturated heterocycles. The summed E-state index contributed by atoms with van der Waals surface area (Å²) in [6, 6.07) is 0. The molecule has 0 atom stereocenters. The van der Waals surface area contributed by atoms with Gasteiger partial charge in [0.1, 0.15) is 0 Å². The third-order valence-electron chi connectivity index (χ3n) is 3.00. The third kappa shape index (κ3) is 15.9. The van der Waals surface area contributed by atoms with Crippen molar-refractivity contribution < 1.29 is 9.90 Å². The predicted molar refractivity (Wildman–Crippen MR) is 68.7 cm³/mol. The van der Waals surface area contributed by atoms with E-state index in [9.17, 15) is 0 Å². The molecule has 0 aromatic rings. The summed E-state index contributed by atoms with van der Waals surface area (Å²) in [5.74, 6) is -0.833. The summed E-state index contributed by atoms with van der Waals surface area (Å²) in [7, 11) is 0. The van der Waals surface area contributed by atoms with Gasteiger partial charge in [-0.15, -0.1) is 0 Å². The molecule has 96 valence electrons. The van der Waals surface area contributed by atoms with Crippen LogP contribution in [-0.4, -0.2) is 11.1 Å². The van der Waals surface area contributed by atoms with Crippen LogP contribution in [0.4, 0.5) is 0 Å². The van der Waals surface area contributed by atoms with Crippen LogP contribution in [0.25, 0.3) is 0 Å². The molecule has 0 aromatic heterocycles. The molecule has 0 unspecified atom stereocenters. The van der Waals surface area contributed by atoms with Crippen LogP contribution in [0.3, 0.4) is 0 Å². The lowest BCUT2D eigenvalue weighted by Gasteiger charge is -2.05. The van der Waals surface area contributed by atoms with Gasteiger partial charge in [-0.3, -0.25) is 4.79 Å². The number of hydrogen-bond donors (Lipinski definition) is 1. The van der Waals surface area contributed by atoms with Crippen LogP contribution in [-0.2, 0) is 4.79 Å². The number of rotatable bonds is 0. The van der Waals surface area contributed by atoms with Crippen molar-refractivity contribution in [3.05, 3.63) is 0 Å². The van der Waals surface area contributed by atoms with Crippen LogP contribution in [0, 0.1) is 0 Å². The van der Waals surface area contributed by atoms with E-state index in [4.69, 9.17) is 9.90 Å². The second kappa shape index (κ2) is 12.5. The smallest absolute Gasteiger partial charge is 0.300 e. The van der Waals surface area contributed by atoms with Crippen molar-refractivity contribution in [2.45, 2.75) is 84.0 Å². The molecule has 1 aliphatic rings. The molecule has 0 aromatic carbocycles. The van der Waals surface area contributed by atoms with E-state index in [-0.39, 0.29) is 0 Å². The summed E-state index contributed by atoms with van der Waals surface area (Å²) in [5, 5.41) is 7.42. The van der Waals surface area contributed by atoms with Gasteiger partial charge in [-0.25, -0.2) is 0 Å². The van der Waals surface area contributed by atoms with Gasteiger partial charge in [-0.1, -0.05) is 77.0 Å². The minimum Gasteiger partial charge on any atom is -0.481 e. The Balaban J connectivity index is 0.000000487. The lowest BCUT2D eigenvalue weighted by molar-refractivity contribution is -0.134. The molecular formula is C14H28O2. The summed E-state index contributed by atoms with van der Waals surface area (Å²) in [5.41, 5.74) is 0. The Morgan fingerprint density at radius 3 is 0.750 bits per heavy atom. The number of hydrogen-bond acceptors (Lipinski definition) is 1. The lowest BCUT2D eigenvalue weighted by Crippen LogP contribution is -1.85. The monoisotopic (exact) mass is 228 g/mol. The van der Waals surface area contributed by atoms with Gasteiger partial charge in [0.15, 0.2) is 0 Å². The van der Waals surface area contributed by atoms with Crippen LogP contribution >= 0.6 is 0 Å². The van der Waals surface area contributed by atoms with E-state index in [1.165, 1.54) is 77.0 Å². The van der Waals surface area contributed by atoms with E-state index in [1.807, 2.05) is 0 Å². The number of carboxylic acids is 1. The van der Waals surface area contributed by atoms with Gasteiger partial charge in [0.05, 0.1) is 0 Å². The minimum atomic E-state index is -0.833. The minimum absolute atomic E-state index is 0.833. The molecule has 0 heterocycles. The highest BCUT2D eigenvalue weighted by Crippen LogP contribution is 2.15. The Hall–Kier alpha value is -0.530. The number of aliphatic carboxylic acids is 1. The maximum Gasteiger partial charge on any atom is 0.300 e. The molecule has 2 nitrogen and oxygen atoms in total. The summed E-state index contributed by atoms with van der Waals surface area (Å²) in [4.78, 5) is 9.00. The quantitative estimate of drug-likeness (QED) is 0.648. The summed E-state index contributed by atoms with van der Waals surface area (Å²) < 4.78 is 0. The van der Waals surface area contributed by atoms with Crippen molar-refractivity contribution >= 4 is 5.97 Å². The zero-order valence-corrected chi connectivity index (χ0v) is 10.8.